The average Bonchev–Trinajstić information content (AvgIpc) is 2.85. The Labute approximate surface area is 112 Å². The van der Waals surface area contributed by atoms with Crippen LogP contribution in [0.4, 0.5) is 10.5 Å². The lowest BCUT2D eigenvalue weighted by Gasteiger charge is -2.11. The maximum atomic E-state index is 11.6. The molecule has 1 atom stereocenters. The van der Waals surface area contributed by atoms with E-state index in [2.05, 4.69) is 10.6 Å². The molecule has 1 unspecified atom stereocenters. The third kappa shape index (κ3) is 4.20. The first-order chi connectivity index (χ1) is 8.74. The van der Waals surface area contributed by atoms with Crippen molar-refractivity contribution in [3.8, 4) is 0 Å². The summed E-state index contributed by atoms with van der Waals surface area (Å²) in [6.45, 7) is 1.48. The summed E-state index contributed by atoms with van der Waals surface area (Å²) < 4.78 is 5.48. The van der Waals surface area contributed by atoms with Crippen molar-refractivity contribution in [2.45, 2.75) is 25.4 Å². The molecule has 1 heterocycles. The molecule has 1 aliphatic rings. The minimum absolute atomic E-state index is 0.199. The van der Waals surface area contributed by atoms with Crippen LogP contribution in [0.2, 0.25) is 5.02 Å². The monoisotopic (exact) mass is 268 g/mol. The normalized spacial score (nSPS) is 18.6. The number of benzene rings is 1. The first-order valence-corrected chi connectivity index (χ1v) is 6.54. The van der Waals surface area contributed by atoms with Gasteiger partial charge in [0.1, 0.15) is 0 Å². The van der Waals surface area contributed by atoms with Gasteiger partial charge in [0.15, 0.2) is 0 Å². The van der Waals surface area contributed by atoms with Gasteiger partial charge in [0.05, 0.1) is 6.10 Å². The summed E-state index contributed by atoms with van der Waals surface area (Å²) in [5.74, 6) is 0. The summed E-state index contributed by atoms with van der Waals surface area (Å²) in [5.41, 5.74) is 0.731. The highest BCUT2D eigenvalue weighted by molar-refractivity contribution is 6.30. The first-order valence-electron chi connectivity index (χ1n) is 6.16. The number of urea groups is 1. The largest absolute Gasteiger partial charge is 0.378 e. The molecule has 0 bridgehead atoms. The molecule has 98 valence electrons. The summed E-state index contributed by atoms with van der Waals surface area (Å²) in [6, 6.07) is 6.81. The molecule has 0 saturated carbocycles. The van der Waals surface area contributed by atoms with Crippen LogP contribution in [0.15, 0.2) is 24.3 Å². The average molecular weight is 269 g/mol. The Bertz CT molecular complexity index is 388. The Hall–Kier alpha value is -1.26. The van der Waals surface area contributed by atoms with E-state index in [1.54, 1.807) is 24.3 Å². The molecule has 0 aromatic heterocycles. The summed E-state index contributed by atoms with van der Waals surface area (Å²) in [5, 5.41) is 6.21. The van der Waals surface area contributed by atoms with E-state index in [0.717, 1.165) is 31.6 Å². The number of halogens is 1. The van der Waals surface area contributed by atoms with Gasteiger partial charge < -0.3 is 15.4 Å². The molecule has 1 aromatic rings. The molecule has 1 fully saturated rings. The number of anilines is 1. The van der Waals surface area contributed by atoms with E-state index in [9.17, 15) is 4.79 Å². The zero-order chi connectivity index (χ0) is 12.8. The Morgan fingerprint density at radius 2 is 2.17 bits per heavy atom. The van der Waals surface area contributed by atoms with E-state index >= 15 is 0 Å². The van der Waals surface area contributed by atoms with Crippen LogP contribution in [0, 0.1) is 0 Å². The number of carbonyl (C=O) groups excluding carboxylic acids is 1. The zero-order valence-corrected chi connectivity index (χ0v) is 10.9. The van der Waals surface area contributed by atoms with Gasteiger partial charge in [0.2, 0.25) is 0 Å². The number of ether oxygens (including phenoxy) is 1. The number of carbonyl (C=O) groups is 1. The second kappa shape index (κ2) is 6.61. The van der Waals surface area contributed by atoms with Crippen LogP contribution in [0.3, 0.4) is 0 Å². The number of hydrogen-bond donors (Lipinski definition) is 2. The zero-order valence-electron chi connectivity index (χ0n) is 10.1. The third-order valence-corrected chi connectivity index (χ3v) is 3.13. The number of nitrogens with one attached hydrogen (secondary N) is 2. The second-order valence-electron chi connectivity index (χ2n) is 4.31. The van der Waals surface area contributed by atoms with Crippen LogP contribution in [0.5, 0.6) is 0 Å². The predicted molar refractivity (Wildman–Crippen MR) is 72.1 cm³/mol. The van der Waals surface area contributed by atoms with Gasteiger partial charge in [0.25, 0.3) is 0 Å². The molecule has 1 aromatic carbocycles. The number of hydrogen-bond acceptors (Lipinski definition) is 2. The Morgan fingerprint density at radius 1 is 1.39 bits per heavy atom. The van der Waals surface area contributed by atoms with Crippen LogP contribution in [-0.4, -0.2) is 25.3 Å². The molecular weight excluding hydrogens is 252 g/mol. The van der Waals surface area contributed by atoms with Gasteiger partial charge in [-0.2, -0.15) is 0 Å². The van der Waals surface area contributed by atoms with E-state index in [1.807, 2.05) is 0 Å². The van der Waals surface area contributed by atoms with E-state index in [0.29, 0.717) is 17.7 Å². The second-order valence-corrected chi connectivity index (χ2v) is 4.75. The smallest absolute Gasteiger partial charge is 0.319 e. The van der Waals surface area contributed by atoms with Crippen molar-refractivity contribution in [2.75, 3.05) is 18.5 Å². The van der Waals surface area contributed by atoms with Crippen LogP contribution >= 0.6 is 11.6 Å². The highest BCUT2D eigenvalue weighted by Gasteiger charge is 2.14. The molecule has 0 radical (unpaired) electrons. The summed E-state index contributed by atoms with van der Waals surface area (Å²) in [7, 11) is 0. The van der Waals surface area contributed by atoms with Crippen molar-refractivity contribution < 1.29 is 9.53 Å². The molecular formula is C13H17ClN2O2. The van der Waals surface area contributed by atoms with Gasteiger partial charge in [0, 0.05) is 23.9 Å². The minimum Gasteiger partial charge on any atom is -0.378 e. The van der Waals surface area contributed by atoms with Crippen molar-refractivity contribution in [3.63, 3.8) is 0 Å². The van der Waals surface area contributed by atoms with Crippen molar-refractivity contribution in [3.05, 3.63) is 29.3 Å². The quantitative estimate of drug-likeness (QED) is 0.882. The SMILES string of the molecule is O=C(NCCC1CCCO1)Nc1ccc(Cl)cc1. The molecule has 0 spiro atoms. The Morgan fingerprint density at radius 3 is 2.83 bits per heavy atom. The molecule has 18 heavy (non-hydrogen) atoms. The van der Waals surface area contributed by atoms with Crippen molar-refractivity contribution in [1.82, 2.24) is 5.32 Å². The van der Waals surface area contributed by atoms with Gasteiger partial charge >= 0.3 is 6.03 Å². The fourth-order valence-electron chi connectivity index (χ4n) is 1.93. The Balaban J connectivity index is 1.66. The van der Waals surface area contributed by atoms with Gasteiger partial charge in [-0.05, 0) is 43.5 Å². The summed E-state index contributed by atoms with van der Waals surface area (Å²) in [4.78, 5) is 11.6. The number of rotatable bonds is 4. The van der Waals surface area contributed by atoms with E-state index in [1.165, 1.54) is 0 Å². The molecule has 2 N–H and O–H groups in total. The van der Waals surface area contributed by atoms with Gasteiger partial charge in [-0.1, -0.05) is 11.6 Å². The van der Waals surface area contributed by atoms with Gasteiger partial charge in [-0.25, -0.2) is 4.79 Å². The molecule has 0 aliphatic carbocycles. The van der Waals surface area contributed by atoms with E-state index < -0.39 is 0 Å². The molecule has 1 saturated heterocycles. The summed E-state index contributed by atoms with van der Waals surface area (Å²) >= 11 is 5.76. The fourth-order valence-corrected chi connectivity index (χ4v) is 2.05. The van der Waals surface area contributed by atoms with E-state index in [-0.39, 0.29) is 6.03 Å². The van der Waals surface area contributed by atoms with Crippen LogP contribution in [0.25, 0.3) is 0 Å². The lowest BCUT2D eigenvalue weighted by molar-refractivity contribution is 0.105. The van der Waals surface area contributed by atoms with Crippen LogP contribution < -0.4 is 10.6 Å². The standard InChI is InChI=1S/C13H17ClN2O2/c14-10-3-5-11(6-4-10)16-13(17)15-8-7-12-2-1-9-18-12/h3-6,12H,1-2,7-9H2,(H2,15,16,17). The summed E-state index contributed by atoms with van der Waals surface area (Å²) in [6.07, 6.45) is 3.40. The highest BCUT2D eigenvalue weighted by atomic mass is 35.5. The minimum atomic E-state index is -0.199. The van der Waals surface area contributed by atoms with Gasteiger partial charge in [-0.3, -0.25) is 0 Å². The van der Waals surface area contributed by atoms with Crippen molar-refractivity contribution in [2.24, 2.45) is 0 Å². The third-order valence-electron chi connectivity index (χ3n) is 2.88. The molecule has 2 rings (SSSR count). The molecule has 4 nitrogen and oxygen atoms in total. The molecule has 5 heteroatoms. The maximum Gasteiger partial charge on any atom is 0.319 e. The van der Waals surface area contributed by atoms with E-state index in [4.69, 9.17) is 16.3 Å². The van der Waals surface area contributed by atoms with Crippen LogP contribution in [-0.2, 0) is 4.74 Å². The Kier molecular flexibility index (Phi) is 4.84. The first kappa shape index (κ1) is 13.2. The lowest BCUT2D eigenvalue weighted by Crippen LogP contribution is -2.31. The molecule has 1 aliphatic heterocycles. The number of amides is 2. The van der Waals surface area contributed by atoms with Crippen molar-refractivity contribution >= 4 is 23.3 Å². The van der Waals surface area contributed by atoms with Crippen molar-refractivity contribution in [1.29, 1.82) is 0 Å². The highest BCUT2D eigenvalue weighted by Crippen LogP contribution is 2.15. The topological polar surface area (TPSA) is 50.4 Å². The van der Waals surface area contributed by atoms with Crippen LogP contribution in [0.1, 0.15) is 19.3 Å². The predicted octanol–water partition coefficient (Wildman–Crippen LogP) is 3.03. The fraction of sp³-hybridized carbons (Fsp3) is 0.462. The maximum absolute atomic E-state index is 11.6. The molecule has 2 amide bonds. The lowest BCUT2D eigenvalue weighted by atomic mass is 10.2. The van der Waals surface area contributed by atoms with Gasteiger partial charge in [-0.15, -0.1) is 0 Å².